The predicted molar refractivity (Wildman–Crippen MR) is 112 cm³/mol. The summed E-state index contributed by atoms with van der Waals surface area (Å²) in [5.74, 6) is 1.14. The van der Waals surface area contributed by atoms with Crippen LogP contribution < -0.4 is 10.1 Å². The summed E-state index contributed by atoms with van der Waals surface area (Å²) < 4.78 is 18.8. The Bertz CT molecular complexity index is 1140. The van der Waals surface area contributed by atoms with Crippen molar-refractivity contribution in [3.8, 4) is 22.9 Å². The number of halogens is 1. The Kier molecular flexibility index (Phi) is 6.00. The maximum atomic E-state index is 13.2. The second-order valence-corrected chi connectivity index (χ2v) is 7.07. The number of pyridine rings is 1. The van der Waals surface area contributed by atoms with Crippen LogP contribution in [0.1, 0.15) is 0 Å². The average molecular weight is 421 g/mol. The number of aromatic amines is 1. The number of amides is 1. The Hall–Kier alpha value is -3.72. The third-order valence-electron chi connectivity index (χ3n) is 3.90. The molecule has 0 aliphatic heterocycles. The first-order valence-corrected chi connectivity index (χ1v) is 9.93. The van der Waals surface area contributed by atoms with Crippen LogP contribution in [0.3, 0.4) is 0 Å². The lowest BCUT2D eigenvalue weighted by Gasteiger charge is -2.08. The van der Waals surface area contributed by atoms with Crippen molar-refractivity contribution in [1.29, 1.82) is 0 Å². The minimum absolute atomic E-state index is 0.159. The molecule has 0 unspecified atom stereocenters. The van der Waals surface area contributed by atoms with E-state index in [2.05, 4.69) is 25.5 Å². The van der Waals surface area contributed by atoms with Crippen molar-refractivity contribution in [1.82, 2.24) is 20.2 Å². The molecule has 0 radical (unpaired) electrons. The highest BCUT2D eigenvalue weighted by Gasteiger charge is 2.09. The molecule has 1 amide bonds. The molecule has 30 heavy (non-hydrogen) atoms. The highest BCUT2D eigenvalue weighted by atomic mass is 32.2. The number of anilines is 1. The van der Waals surface area contributed by atoms with E-state index in [0.29, 0.717) is 28.2 Å². The third kappa shape index (κ3) is 5.21. The molecule has 2 aromatic carbocycles. The lowest BCUT2D eigenvalue weighted by atomic mass is 10.3. The molecule has 0 aliphatic carbocycles. The van der Waals surface area contributed by atoms with E-state index in [1.165, 1.54) is 23.9 Å². The number of benzene rings is 2. The number of carbonyl (C=O) groups excluding carboxylic acids is 1. The van der Waals surface area contributed by atoms with Gasteiger partial charge in [-0.15, -0.1) is 5.10 Å². The number of nitrogens with one attached hydrogen (secondary N) is 2. The number of carbonyl (C=O) groups is 1. The second kappa shape index (κ2) is 9.19. The fraction of sp³-hybridized carbons (Fsp3) is 0.0476. The molecule has 7 nitrogen and oxygen atoms in total. The molecule has 0 fully saturated rings. The monoisotopic (exact) mass is 421 g/mol. The average Bonchev–Trinajstić information content (AvgIpc) is 3.24. The van der Waals surface area contributed by atoms with Gasteiger partial charge in [-0.2, -0.15) is 0 Å². The first-order valence-electron chi connectivity index (χ1n) is 8.95. The fourth-order valence-corrected chi connectivity index (χ4v) is 3.14. The molecular weight excluding hydrogens is 405 g/mol. The molecule has 2 heterocycles. The van der Waals surface area contributed by atoms with Crippen LogP contribution in [0.2, 0.25) is 0 Å². The molecule has 9 heteroatoms. The van der Waals surface area contributed by atoms with E-state index in [1.807, 2.05) is 12.1 Å². The number of nitrogens with zero attached hydrogens (tertiary/aromatic N) is 3. The van der Waals surface area contributed by atoms with E-state index in [-0.39, 0.29) is 17.5 Å². The van der Waals surface area contributed by atoms with Gasteiger partial charge in [0.1, 0.15) is 17.3 Å². The minimum atomic E-state index is -0.368. The van der Waals surface area contributed by atoms with E-state index < -0.39 is 0 Å². The number of aromatic nitrogens is 4. The van der Waals surface area contributed by atoms with Gasteiger partial charge in [0.2, 0.25) is 11.1 Å². The van der Waals surface area contributed by atoms with Gasteiger partial charge in [-0.1, -0.05) is 17.8 Å². The first-order chi connectivity index (χ1) is 14.7. The van der Waals surface area contributed by atoms with E-state index in [0.717, 1.165) is 5.56 Å². The van der Waals surface area contributed by atoms with Crippen LogP contribution in [-0.2, 0) is 4.79 Å². The minimum Gasteiger partial charge on any atom is -0.457 e. The number of rotatable bonds is 7. The smallest absolute Gasteiger partial charge is 0.234 e. The molecule has 4 aromatic rings. The molecule has 2 aromatic heterocycles. The Morgan fingerprint density at radius 1 is 1.10 bits per heavy atom. The summed E-state index contributed by atoms with van der Waals surface area (Å²) in [6.07, 6.45) is 3.36. The molecule has 4 rings (SSSR count). The van der Waals surface area contributed by atoms with Crippen molar-refractivity contribution in [2.24, 2.45) is 0 Å². The first kappa shape index (κ1) is 19.6. The molecule has 150 valence electrons. The zero-order valence-corrected chi connectivity index (χ0v) is 16.4. The Labute approximate surface area is 175 Å². The van der Waals surface area contributed by atoms with Gasteiger partial charge in [0.25, 0.3) is 0 Å². The van der Waals surface area contributed by atoms with Crippen molar-refractivity contribution in [3.05, 3.63) is 78.9 Å². The Balaban J connectivity index is 1.28. The number of hydrogen-bond donors (Lipinski definition) is 2. The van der Waals surface area contributed by atoms with Gasteiger partial charge in [0.05, 0.1) is 5.75 Å². The standard InChI is InChI=1S/C21H16FN5O2S/c22-15-4-1-5-18(11-15)29-17-8-6-16(7-9-17)24-19(28)13-30-21-25-20(26-27-21)14-3-2-10-23-12-14/h1-12H,13H2,(H,24,28)(H,25,26,27). The molecule has 0 bridgehead atoms. The maximum Gasteiger partial charge on any atom is 0.234 e. The summed E-state index contributed by atoms with van der Waals surface area (Å²) in [6.45, 7) is 0. The van der Waals surface area contributed by atoms with Gasteiger partial charge in [-0.05, 0) is 48.5 Å². The lowest BCUT2D eigenvalue weighted by Crippen LogP contribution is -2.14. The Morgan fingerprint density at radius 2 is 1.97 bits per heavy atom. The summed E-state index contributed by atoms with van der Waals surface area (Å²) in [6, 6.07) is 16.4. The van der Waals surface area contributed by atoms with Crippen LogP contribution >= 0.6 is 11.8 Å². The highest BCUT2D eigenvalue weighted by Crippen LogP contribution is 2.24. The topological polar surface area (TPSA) is 92.8 Å². The highest BCUT2D eigenvalue weighted by molar-refractivity contribution is 7.99. The van der Waals surface area contributed by atoms with Crippen molar-refractivity contribution in [3.63, 3.8) is 0 Å². The van der Waals surface area contributed by atoms with E-state index in [1.54, 1.807) is 48.8 Å². The van der Waals surface area contributed by atoms with E-state index >= 15 is 0 Å². The number of H-pyrrole nitrogens is 1. The molecule has 0 saturated heterocycles. The van der Waals surface area contributed by atoms with Gasteiger partial charge >= 0.3 is 0 Å². The third-order valence-corrected chi connectivity index (χ3v) is 4.75. The summed E-state index contributed by atoms with van der Waals surface area (Å²) in [7, 11) is 0. The van der Waals surface area contributed by atoms with Crippen LogP contribution in [0.25, 0.3) is 11.4 Å². The van der Waals surface area contributed by atoms with Gasteiger partial charge in [-0.25, -0.2) is 9.37 Å². The van der Waals surface area contributed by atoms with E-state index in [4.69, 9.17) is 4.74 Å². The van der Waals surface area contributed by atoms with Crippen molar-refractivity contribution < 1.29 is 13.9 Å². The van der Waals surface area contributed by atoms with Crippen molar-refractivity contribution in [2.45, 2.75) is 5.16 Å². The quantitative estimate of drug-likeness (QED) is 0.426. The van der Waals surface area contributed by atoms with Gasteiger partial charge in [0, 0.05) is 29.7 Å². The predicted octanol–water partition coefficient (Wildman–Crippen LogP) is 4.53. The van der Waals surface area contributed by atoms with Crippen molar-refractivity contribution >= 4 is 23.4 Å². The summed E-state index contributed by atoms with van der Waals surface area (Å²) in [4.78, 5) is 20.6. The van der Waals surface area contributed by atoms with Crippen LogP contribution in [0.5, 0.6) is 11.5 Å². The molecule has 2 N–H and O–H groups in total. The number of hydrogen-bond acceptors (Lipinski definition) is 6. The molecule has 0 aliphatic rings. The molecule has 0 saturated carbocycles. The lowest BCUT2D eigenvalue weighted by molar-refractivity contribution is -0.113. The van der Waals surface area contributed by atoms with Crippen LogP contribution in [-0.4, -0.2) is 31.8 Å². The molecule has 0 spiro atoms. The summed E-state index contributed by atoms with van der Waals surface area (Å²) in [5, 5.41) is 10.2. The molecular formula is C21H16FN5O2S. The largest absolute Gasteiger partial charge is 0.457 e. The van der Waals surface area contributed by atoms with Gasteiger partial charge in [0.15, 0.2) is 5.82 Å². The SMILES string of the molecule is O=C(CSc1n[nH]c(-c2cccnc2)n1)Nc1ccc(Oc2cccc(F)c2)cc1. The number of thioether (sulfide) groups is 1. The molecule has 0 atom stereocenters. The van der Waals surface area contributed by atoms with Crippen LogP contribution in [0, 0.1) is 5.82 Å². The fourth-order valence-electron chi connectivity index (χ4n) is 2.54. The van der Waals surface area contributed by atoms with Gasteiger partial charge in [-0.3, -0.25) is 14.9 Å². The zero-order chi connectivity index (χ0) is 20.8. The Morgan fingerprint density at radius 3 is 2.73 bits per heavy atom. The van der Waals surface area contributed by atoms with Crippen LogP contribution in [0.4, 0.5) is 10.1 Å². The second-order valence-electron chi connectivity index (χ2n) is 6.13. The summed E-state index contributed by atoms with van der Waals surface area (Å²) >= 11 is 1.22. The maximum absolute atomic E-state index is 13.2. The van der Waals surface area contributed by atoms with Gasteiger partial charge < -0.3 is 10.1 Å². The normalized spacial score (nSPS) is 10.6. The van der Waals surface area contributed by atoms with Crippen molar-refractivity contribution in [2.75, 3.05) is 11.1 Å². The van der Waals surface area contributed by atoms with E-state index in [9.17, 15) is 9.18 Å². The van der Waals surface area contributed by atoms with Crippen LogP contribution in [0.15, 0.2) is 78.2 Å². The number of ether oxygens (including phenoxy) is 1. The zero-order valence-electron chi connectivity index (χ0n) is 15.6. The summed E-state index contributed by atoms with van der Waals surface area (Å²) in [5.41, 5.74) is 1.44.